The minimum atomic E-state index is 0.543. The molecular weight excluding hydrogens is 140 g/mol. The van der Waals surface area contributed by atoms with Crippen LogP contribution >= 0.6 is 0 Å². The molecule has 1 rings (SSSR count). The highest BCUT2D eigenvalue weighted by Gasteiger charge is 1.88. The van der Waals surface area contributed by atoms with E-state index in [1.54, 1.807) is 0 Å². The summed E-state index contributed by atoms with van der Waals surface area (Å²) in [5.74, 6) is 0. The van der Waals surface area contributed by atoms with Crippen molar-refractivity contribution in [3.8, 4) is 0 Å². The van der Waals surface area contributed by atoms with Gasteiger partial charge in [0.05, 0.1) is 0 Å². The molecule has 10 heavy (non-hydrogen) atoms. The molecule has 52 valence electrons. The van der Waals surface area contributed by atoms with Gasteiger partial charge in [0.2, 0.25) is 0 Å². The van der Waals surface area contributed by atoms with Crippen molar-refractivity contribution in [1.82, 2.24) is 0 Å². The fourth-order valence-corrected chi connectivity index (χ4v) is 1.15. The molecule has 1 nitrogen and oxygen atoms in total. The molecule has 1 aromatic carbocycles. The number of aldehydes is 1. The molecule has 0 atom stereocenters. The monoisotopic (exact) mass is 150 g/mol. The molecule has 0 bridgehead atoms. The number of benzene rings is 1. The Kier molecular flexibility index (Phi) is 2.40. The first-order valence-electron chi connectivity index (χ1n) is 3.32. The summed E-state index contributed by atoms with van der Waals surface area (Å²) in [7, 11) is 1.09. The van der Waals surface area contributed by atoms with E-state index in [1.165, 1.54) is 5.19 Å². The van der Waals surface area contributed by atoms with Crippen molar-refractivity contribution >= 4 is 21.7 Å². The summed E-state index contributed by atoms with van der Waals surface area (Å²) in [4.78, 5) is 10.1. The Morgan fingerprint density at radius 2 is 1.90 bits per heavy atom. The van der Waals surface area contributed by atoms with Crippen LogP contribution in [0.2, 0.25) is 0 Å². The predicted molar refractivity (Wildman–Crippen MR) is 45.8 cm³/mol. The Bertz CT molecular complexity index is 215. The van der Waals surface area contributed by atoms with Crippen LogP contribution in [0.25, 0.3) is 0 Å². The zero-order chi connectivity index (χ0) is 7.40. The van der Waals surface area contributed by atoms with Gasteiger partial charge in [-0.3, -0.25) is 0 Å². The zero-order valence-corrected chi connectivity index (χ0v) is 8.00. The lowest BCUT2D eigenvalue weighted by Gasteiger charge is -1.94. The van der Waals surface area contributed by atoms with Gasteiger partial charge in [-0.2, -0.15) is 0 Å². The van der Waals surface area contributed by atoms with E-state index < -0.39 is 0 Å². The summed E-state index contributed by atoms with van der Waals surface area (Å²) >= 11 is 0. The molecule has 0 spiro atoms. The molecule has 0 unspecified atom stereocenters. The van der Waals surface area contributed by atoms with Crippen molar-refractivity contribution in [3.63, 3.8) is 0 Å². The van der Waals surface area contributed by atoms with E-state index in [1.807, 2.05) is 12.1 Å². The Labute approximate surface area is 63.5 Å². The van der Waals surface area contributed by atoms with Gasteiger partial charge in [-0.15, -0.1) is 0 Å². The molecule has 1 aromatic rings. The van der Waals surface area contributed by atoms with Gasteiger partial charge in [0, 0.05) is 16.7 Å². The Morgan fingerprint density at radius 3 is 2.40 bits per heavy atom. The molecule has 0 saturated carbocycles. The summed E-state index contributed by atoms with van der Waals surface area (Å²) in [5.41, 5.74) is 1.11. The van der Waals surface area contributed by atoms with E-state index in [0.717, 1.165) is 22.1 Å². The van der Waals surface area contributed by atoms with Crippen molar-refractivity contribution in [1.29, 1.82) is 0 Å². The molecule has 0 aliphatic rings. The van der Waals surface area contributed by atoms with E-state index in [0.29, 0.717) is 6.42 Å². The molecule has 0 N–H and O–H groups in total. The molecular formula is C8H10OSi. The van der Waals surface area contributed by atoms with Gasteiger partial charge in [0.15, 0.2) is 0 Å². The number of hydrogen-bond donors (Lipinski definition) is 0. The van der Waals surface area contributed by atoms with Crippen LogP contribution < -0.4 is 5.19 Å². The second kappa shape index (κ2) is 3.32. The van der Waals surface area contributed by atoms with E-state index in [-0.39, 0.29) is 0 Å². The fraction of sp³-hybridized carbons (Fsp3) is 0.125. The molecule has 0 fully saturated rings. The number of carbonyl (C=O) groups is 1. The van der Waals surface area contributed by atoms with Crippen LogP contribution in [0.1, 0.15) is 5.56 Å². The summed E-state index contributed by atoms with van der Waals surface area (Å²) < 4.78 is 0. The number of rotatable bonds is 2. The molecule has 0 aliphatic heterocycles. The maximum atomic E-state index is 10.1. The van der Waals surface area contributed by atoms with Gasteiger partial charge in [-0.25, -0.2) is 0 Å². The first-order valence-corrected chi connectivity index (χ1v) is 4.32. The maximum absolute atomic E-state index is 10.1. The third-order valence-corrected chi connectivity index (χ3v) is 2.11. The molecule has 0 radical (unpaired) electrons. The molecule has 0 amide bonds. The van der Waals surface area contributed by atoms with Crippen LogP contribution in [0.5, 0.6) is 0 Å². The summed E-state index contributed by atoms with van der Waals surface area (Å²) in [6.45, 7) is 0. The van der Waals surface area contributed by atoms with Crippen LogP contribution in [0.15, 0.2) is 24.3 Å². The van der Waals surface area contributed by atoms with Crippen LogP contribution in [-0.4, -0.2) is 16.5 Å². The quantitative estimate of drug-likeness (QED) is 0.407. The van der Waals surface area contributed by atoms with Gasteiger partial charge >= 0.3 is 0 Å². The number of carbonyl (C=O) groups excluding carboxylic acids is 1. The number of hydrogen-bond acceptors (Lipinski definition) is 1. The Balaban J connectivity index is 2.78. The van der Waals surface area contributed by atoms with Crippen LogP contribution in [0, 0.1) is 0 Å². The van der Waals surface area contributed by atoms with Crippen LogP contribution in [-0.2, 0) is 11.2 Å². The SMILES string of the molecule is O=CCc1ccc([SiH3])cc1. The maximum Gasteiger partial charge on any atom is 0.124 e. The highest BCUT2D eigenvalue weighted by molar-refractivity contribution is 6.32. The summed E-state index contributed by atoms with van der Waals surface area (Å²) in [6.07, 6.45) is 1.48. The van der Waals surface area contributed by atoms with E-state index in [2.05, 4.69) is 12.1 Å². The third-order valence-electron chi connectivity index (χ3n) is 1.44. The van der Waals surface area contributed by atoms with Crippen molar-refractivity contribution < 1.29 is 4.79 Å². The van der Waals surface area contributed by atoms with Gasteiger partial charge in [0.1, 0.15) is 6.29 Å². The molecule has 0 aliphatic carbocycles. The van der Waals surface area contributed by atoms with Gasteiger partial charge in [-0.1, -0.05) is 29.5 Å². The van der Waals surface area contributed by atoms with E-state index in [9.17, 15) is 4.79 Å². The van der Waals surface area contributed by atoms with E-state index in [4.69, 9.17) is 0 Å². The van der Waals surface area contributed by atoms with Crippen molar-refractivity contribution in [2.75, 3.05) is 0 Å². The first kappa shape index (κ1) is 7.22. The lowest BCUT2D eigenvalue weighted by Crippen LogP contribution is -2.00. The fourth-order valence-electron chi connectivity index (χ4n) is 0.820. The van der Waals surface area contributed by atoms with Gasteiger partial charge in [0.25, 0.3) is 0 Å². The molecule has 0 heterocycles. The molecule has 2 heteroatoms. The second-order valence-corrected chi connectivity index (χ2v) is 3.51. The highest BCUT2D eigenvalue weighted by Crippen LogP contribution is 1.94. The van der Waals surface area contributed by atoms with Crippen molar-refractivity contribution in [3.05, 3.63) is 29.8 Å². The van der Waals surface area contributed by atoms with Gasteiger partial charge in [-0.05, 0) is 5.56 Å². The lowest BCUT2D eigenvalue weighted by atomic mass is 10.2. The topological polar surface area (TPSA) is 17.1 Å². The highest BCUT2D eigenvalue weighted by atomic mass is 28.1. The summed E-state index contributed by atoms with van der Waals surface area (Å²) in [5, 5.41) is 1.37. The minimum absolute atomic E-state index is 0.543. The van der Waals surface area contributed by atoms with Crippen LogP contribution in [0.3, 0.4) is 0 Å². The van der Waals surface area contributed by atoms with E-state index >= 15 is 0 Å². The molecule has 0 saturated heterocycles. The average molecular weight is 150 g/mol. The van der Waals surface area contributed by atoms with Crippen molar-refractivity contribution in [2.24, 2.45) is 0 Å². The molecule has 0 aromatic heterocycles. The Hall–Kier alpha value is -0.893. The second-order valence-electron chi connectivity index (χ2n) is 2.36. The standard InChI is InChI=1S/C8H10OSi/c9-6-5-7-1-3-8(10)4-2-7/h1-4,6H,5H2,10H3. The minimum Gasteiger partial charge on any atom is -0.303 e. The van der Waals surface area contributed by atoms with Gasteiger partial charge < -0.3 is 4.79 Å². The average Bonchev–Trinajstić information content (AvgIpc) is 1.95. The van der Waals surface area contributed by atoms with Crippen molar-refractivity contribution in [2.45, 2.75) is 6.42 Å². The van der Waals surface area contributed by atoms with Crippen LogP contribution in [0.4, 0.5) is 0 Å². The normalized spacial score (nSPS) is 9.60. The predicted octanol–water partition coefficient (Wildman–Crippen LogP) is -0.581. The lowest BCUT2D eigenvalue weighted by molar-refractivity contribution is -0.107. The Morgan fingerprint density at radius 1 is 1.30 bits per heavy atom. The largest absolute Gasteiger partial charge is 0.303 e. The zero-order valence-electron chi connectivity index (χ0n) is 6.00. The smallest absolute Gasteiger partial charge is 0.124 e. The first-order chi connectivity index (χ1) is 4.83. The summed E-state index contributed by atoms with van der Waals surface area (Å²) in [6, 6.07) is 8.17. The third kappa shape index (κ3) is 1.81.